The summed E-state index contributed by atoms with van der Waals surface area (Å²) in [7, 11) is 0. The second kappa shape index (κ2) is 9.41. The fraction of sp³-hybridized carbons (Fsp3) is 0.452. The first-order valence-electron chi connectivity index (χ1n) is 13.9. The summed E-state index contributed by atoms with van der Waals surface area (Å²) in [6.45, 7) is 12.7. The minimum Gasteiger partial charge on any atom is -0.444 e. The zero-order chi connectivity index (χ0) is 29.4. The van der Waals surface area contributed by atoms with Crippen LogP contribution in [0.5, 0.6) is 0 Å². The number of imide groups is 1. The van der Waals surface area contributed by atoms with Crippen molar-refractivity contribution in [2.45, 2.75) is 60.1 Å². The highest BCUT2D eigenvalue weighted by atomic mass is 35.5. The minimum absolute atomic E-state index is 0.0935. The molecule has 4 heterocycles. The molecule has 1 saturated carbocycles. The van der Waals surface area contributed by atoms with Gasteiger partial charge in [0.25, 0.3) is 0 Å². The number of fused-ring (bicyclic) bond motifs is 2. The molecule has 2 aromatic heterocycles. The van der Waals surface area contributed by atoms with Crippen molar-refractivity contribution in [1.82, 2.24) is 24.4 Å². The maximum absolute atomic E-state index is 12.9. The van der Waals surface area contributed by atoms with Crippen LogP contribution in [0.4, 0.5) is 4.79 Å². The number of rotatable bonds is 4. The van der Waals surface area contributed by atoms with Gasteiger partial charge in [0.15, 0.2) is 0 Å². The van der Waals surface area contributed by atoms with Gasteiger partial charge in [-0.2, -0.15) is 5.10 Å². The highest BCUT2D eigenvalue weighted by molar-refractivity contribution is 6.31. The van der Waals surface area contributed by atoms with Crippen LogP contribution in [0.3, 0.4) is 0 Å². The molecular formula is C31H34ClN5O4. The van der Waals surface area contributed by atoms with Crippen molar-refractivity contribution in [1.29, 1.82) is 0 Å². The number of benzene rings is 1. The summed E-state index contributed by atoms with van der Waals surface area (Å²) >= 11 is 6.56. The lowest BCUT2D eigenvalue weighted by Gasteiger charge is -2.30. The number of carbonyl (C=O) groups is 3. The topological polar surface area (TPSA) is 97.1 Å². The smallest absolute Gasteiger partial charge is 0.410 e. The molecule has 0 bridgehead atoms. The lowest BCUT2D eigenvalue weighted by atomic mass is 9.89. The molecule has 2 aliphatic heterocycles. The van der Waals surface area contributed by atoms with Crippen molar-refractivity contribution in [2.24, 2.45) is 17.3 Å². The number of aryl methyl sites for hydroxylation is 1. The largest absolute Gasteiger partial charge is 0.444 e. The summed E-state index contributed by atoms with van der Waals surface area (Å²) in [4.78, 5) is 46.2. The molecule has 6 rings (SSSR count). The molecule has 2 fully saturated rings. The number of amides is 3. The predicted octanol–water partition coefficient (Wildman–Crippen LogP) is 5.52. The SMILES string of the molecule is Cc1cc(Cl)cc(-c2ncnn3cc(CN4C(=O)C5C(C4=O)C5(C)C)cc23)c1C1=CCN(C(=O)OC(C)(C)C)CC1. The minimum atomic E-state index is -0.554. The Morgan fingerprint density at radius 2 is 1.85 bits per heavy atom. The number of hydrogen-bond acceptors (Lipinski definition) is 6. The Labute approximate surface area is 244 Å². The van der Waals surface area contributed by atoms with Crippen LogP contribution in [0.2, 0.25) is 5.02 Å². The van der Waals surface area contributed by atoms with Crippen LogP contribution in [-0.2, 0) is 20.9 Å². The summed E-state index contributed by atoms with van der Waals surface area (Å²) < 4.78 is 7.28. The molecule has 0 radical (unpaired) electrons. The highest BCUT2D eigenvalue weighted by Crippen LogP contribution is 2.63. The number of hydrogen-bond donors (Lipinski definition) is 0. The van der Waals surface area contributed by atoms with Crippen molar-refractivity contribution in [2.75, 3.05) is 13.1 Å². The Bertz CT molecular complexity index is 1630. The zero-order valence-electron chi connectivity index (χ0n) is 24.2. The summed E-state index contributed by atoms with van der Waals surface area (Å²) in [5.74, 6) is -0.614. The molecule has 1 saturated heterocycles. The van der Waals surface area contributed by atoms with Crippen LogP contribution >= 0.6 is 11.6 Å². The van der Waals surface area contributed by atoms with Gasteiger partial charge >= 0.3 is 6.09 Å². The second-order valence-corrected chi connectivity index (χ2v) is 13.3. The number of piperidine rings is 1. The molecule has 2 unspecified atom stereocenters. The zero-order valence-corrected chi connectivity index (χ0v) is 25.0. The maximum atomic E-state index is 12.9. The Hall–Kier alpha value is -3.72. The molecule has 0 N–H and O–H groups in total. The van der Waals surface area contributed by atoms with E-state index in [1.54, 1.807) is 9.42 Å². The van der Waals surface area contributed by atoms with E-state index < -0.39 is 5.60 Å². The van der Waals surface area contributed by atoms with Gasteiger partial charge in [0.2, 0.25) is 11.8 Å². The van der Waals surface area contributed by atoms with Crippen LogP contribution in [0.15, 0.2) is 36.8 Å². The van der Waals surface area contributed by atoms with E-state index in [1.807, 2.05) is 65.9 Å². The number of halogens is 1. The van der Waals surface area contributed by atoms with E-state index in [9.17, 15) is 14.4 Å². The summed E-state index contributed by atoms with van der Waals surface area (Å²) in [6.07, 6.45) is 5.73. The first-order valence-corrected chi connectivity index (χ1v) is 14.3. The Morgan fingerprint density at radius 3 is 2.49 bits per heavy atom. The van der Waals surface area contributed by atoms with E-state index in [4.69, 9.17) is 16.3 Å². The summed E-state index contributed by atoms with van der Waals surface area (Å²) in [6, 6.07) is 5.77. The van der Waals surface area contributed by atoms with Gasteiger partial charge < -0.3 is 9.64 Å². The number of aromatic nitrogens is 3. The number of ether oxygens (including phenoxy) is 1. The van der Waals surface area contributed by atoms with Gasteiger partial charge in [-0.3, -0.25) is 14.5 Å². The molecule has 1 aliphatic carbocycles. The Balaban J connectivity index is 1.32. The third-order valence-corrected chi connectivity index (χ3v) is 8.65. The fourth-order valence-electron chi connectivity index (χ4n) is 6.36. The van der Waals surface area contributed by atoms with Gasteiger partial charge in [0.05, 0.1) is 29.6 Å². The molecule has 9 nitrogen and oxygen atoms in total. The van der Waals surface area contributed by atoms with E-state index >= 15 is 0 Å². The molecule has 10 heteroatoms. The van der Waals surface area contributed by atoms with Gasteiger partial charge in [0, 0.05) is 29.9 Å². The van der Waals surface area contributed by atoms with Crippen molar-refractivity contribution >= 4 is 40.6 Å². The van der Waals surface area contributed by atoms with Gasteiger partial charge in [0.1, 0.15) is 11.9 Å². The van der Waals surface area contributed by atoms with Crippen molar-refractivity contribution in [3.63, 3.8) is 0 Å². The Morgan fingerprint density at radius 1 is 1.15 bits per heavy atom. The maximum Gasteiger partial charge on any atom is 0.410 e. The molecule has 41 heavy (non-hydrogen) atoms. The van der Waals surface area contributed by atoms with Crippen LogP contribution in [0.1, 0.15) is 57.7 Å². The average molecular weight is 576 g/mol. The van der Waals surface area contributed by atoms with Gasteiger partial charge in [-0.1, -0.05) is 31.5 Å². The van der Waals surface area contributed by atoms with Crippen LogP contribution in [-0.4, -0.2) is 61.0 Å². The molecule has 3 aromatic rings. The van der Waals surface area contributed by atoms with E-state index in [2.05, 4.69) is 16.2 Å². The van der Waals surface area contributed by atoms with E-state index in [1.165, 1.54) is 11.2 Å². The number of likely N-dealkylation sites (tertiary alicyclic amines) is 1. The second-order valence-electron chi connectivity index (χ2n) is 12.9. The third kappa shape index (κ3) is 4.70. The molecule has 3 amide bonds. The average Bonchev–Trinajstić information content (AvgIpc) is 3.13. The van der Waals surface area contributed by atoms with Crippen molar-refractivity contribution in [3.8, 4) is 11.3 Å². The first-order chi connectivity index (χ1) is 19.3. The standard InChI is InChI=1S/C31H34ClN5O4/c1-17-11-20(32)13-21(23(17)19-7-9-35(10-8-19)29(40)41-30(2,3)4)26-22-12-18(15-37(22)34-16-33-26)14-36-27(38)24-25(28(36)39)31(24,5)6/h7,11-13,15-16,24-25H,8-10,14H2,1-6H3. The van der Waals surface area contributed by atoms with E-state index in [0.29, 0.717) is 30.2 Å². The molecule has 3 aliphatic rings. The van der Waals surface area contributed by atoms with Crippen LogP contribution in [0.25, 0.3) is 22.3 Å². The predicted molar refractivity (Wildman–Crippen MR) is 155 cm³/mol. The number of carbonyl (C=O) groups excluding carboxylic acids is 3. The lowest BCUT2D eigenvalue weighted by Crippen LogP contribution is -2.39. The third-order valence-electron chi connectivity index (χ3n) is 8.43. The summed E-state index contributed by atoms with van der Waals surface area (Å²) in [5, 5.41) is 4.99. The Kier molecular flexibility index (Phi) is 6.30. The van der Waals surface area contributed by atoms with E-state index in [0.717, 1.165) is 33.3 Å². The summed E-state index contributed by atoms with van der Waals surface area (Å²) in [5.41, 5.74) is 5.45. The van der Waals surface area contributed by atoms with Crippen LogP contribution < -0.4 is 0 Å². The molecular weight excluding hydrogens is 542 g/mol. The van der Waals surface area contributed by atoms with Crippen molar-refractivity contribution < 1.29 is 19.1 Å². The van der Waals surface area contributed by atoms with Gasteiger partial charge in [-0.05, 0) is 80.0 Å². The number of nitrogens with zero attached hydrogens (tertiary/aromatic N) is 5. The monoisotopic (exact) mass is 575 g/mol. The molecule has 214 valence electrons. The van der Waals surface area contributed by atoms with Gasteiger partial charge in [-0.25, -0.2) is 14.3 Å². The van der Waals surface area contributed by atoms with Crippen molar-refractivity contribution in [3.05, 3.63) is 58.5 Å². The lowest BCUT2D eigenvalue weighted by molar-refractivity contribution is -0.143. The van der Waals surface area contributed by atoms with E-state index in [-0.39, 0.29) is 41.7 Å². The van der Waals surface area contributed by atoms with Crippen LogP contribution in [0, 0.1) is 24.2 Å². The highest BCUT2D eigenvalue weighted by Gasteiger charge is 2.72. The quantitative estimate of drug-likeness (QED) is 0.380. The molecule has 1 aromatic carbocycles. The van der Waals surface area contributed by atoms with Gasteiger partial charge in [-0.15, -0.1) is 0 Å². The normalized spacial score (nSPS) is 21.8. The molecule has 0 spiro atoms. The molecule has 2 atom stereocenters. The first kappa shape index (κ1) is 27.4. The fourth-order valence-corrected chi connectivity index (χ4v) is 6.64.